The number of fused-ring (bicyclic) bond motifs is 1. The van der Waals surface area contributed by atoms with Gasteiger partial charge in [-0.25, -0.2) is 0 Å². The molecule has 3 aliphatic heterocycles. The van der Waals surface area contributed by atoms with Gasteiger partial charge in [0.15, 0.2) is 0 Å². The predicted molar refractivity (Wildman–Crippen MR) is 110 cm³/mol. The number of nitrogens with two attached hydrogens (primary N) is 1. The minimum Gasteiger partial charge on any atom is -0.467 e. The Kier molecular flexibility index (Phi) is 4.75. The maximum Gasteiger partial charge on any atom is 0.253 e. The van der Waals surface area contributed by atoms with E-state index in [1.807, 2.05) is 30.3 Å². The van der Waals surface area contributed by atoms with Crippen LogP contribution in [0, 0.1) is 0 Å². The van der Waals surface area contributed by atoms with Crippen molar-refractivity contribution in [3.63, 3.8) is 0 Å². The summed E-state index contributed by atoms with van der Waals surface area (Å²) in [5.74, 6) is 0.920. The van der Waals surface area contributed by atoms with Gasteiger partial charge < -0.3 is 30.0 Å². The Hall–Kier alpha value is -2.84. The zero-order valence-corrected chi connectivity index (χ0v) is 16.8. The molecule has 3 N–H and O–H groups in total. The molecule has 0 spiro atoms. The van der Waals surface area contributed by atoms with Gasteiger partial charge in [0.2, 0.25) is 5.91 Å². The largest absolute Gasteiger partial charge is 0.467 e. The van der Waals surface area contributed by atoms with Gasteiger partial charge >= 0.3 is 0 Å². The molecule has 2 fully saturated rings. The lowest BCUT2D eigenvalue weighted by Gasteiger charge is -2.43. The van der Waals surface area contributed by atoms with E-state index in [2.05, 4.69) is 5.32 Å². The molecule has 1 aromatic carbocycles. The van der Waals surface area contributed by atoms with Crippen molar-refractivity contribution in [2.24, 2.45) is 5.73 Å². The van der Waals surface area contributed by atoms with Gasteiger partial charge in [-0.3, -0.25) is 9.59 Å². The fourth-order valence-corrected chi connectivity index (χ4v) is 4.36. The average Bonchev–Trinajstić information content (AvgIpc) is 3.24. The third kappa shape index (κ3) is 3.36. The number of piperazine rings is 1. The Balaban J connectivity index is 1.19. The van der Waals surface area contributed by atoms with E-state index in [0.717, 1.165) is 29.9 Å². The van der Waals surface area contributed by atoms with Gasteiger partial charge in [-0.1, -0.05) is 12.1 Å². The van der Waals surface area contributed by atoms with Crippen molar-refractivity contribution in [1.29, 1.82) is 0 Å². The van der Waals surface area contributed by atoms with Crippen molar-refractivity contribution in [3.05, 3.63) is 53.5 Å². The molecule has 158 valence electrons. The van der Waals surface area contributed by atoms with Crippen LogP contribution in [-0.4, -0.2) is 66.5 Å². The number of anilines is 1. The van der Waals surface area contributed by atoms with Gasteiger partial charge in [-0.05, 0) is 30.2 Å². The summed E-state index contributed by atoms with van der Waals surface area (Å²) in [6.07, 6.45) is 3.57. The third-order valence-corrected chi connectivity index (χ3v) is 6.29. The molecular weight excluding hydrogens is 384 g/mol. The van der Waals surface area contributed by atoms with E-state index in [1.54, 1.807) is 16.1 Å². The summed E-state index contributed by atoms with van der Waals surface area (Å²) in [6.45, 7) is 2.57. The van der Waals surface area contributed by atoms with E-state index in [0.29, 0.717) is 31.7 Å². The summed E-state index contributed by atoms with van der Waals surface area (Å²) in [5.41, 5.74) is 8.04. The second kappa shape index (κ2) is 7.45. The molecule has 0 aliphatic carbocycles. The number of furan rings is 1. The summed E-state index contributed by atoms with van der Waals surface area (Å²) >= 11 is 0. The lowest BCUT2D eigenvalue weighted by Crippen LogP contribution is -2.68. The van der Waals surface area contributed by atoms with Crippen LogP contribution in [0.25, 0.3) is 0 Å². The van der Waals surface area contributed by atoms with Gasteiger partial charge in [0.25, 0.3) is 5.91 Å². The van der Waals surface area contributed by atoms with Crippen molar-refractivity contribution < 1.29 is 18.7 Å². The first-order valence-electron chi connectivity index (χ1n) is 10.4. The van der Waals surface area contributed by atoms with Crippen LogP contribution in [0.2, 0.25) is 0 Å². The maximum absolute atomic E-state index is 12.9. The van der Waals surface area contributed by atoms with Crippen molar-refractivity contribution in [3.8, 4) is 0 Å². The van der Waals surface area contributed by atoms with Crippen LogP contribution in [0.5, 0.6) is 0 Å². The van der Waals surface area contributed by atoms with Gasteiger partial charge in [-0.2, -0.15) is 0 Å². The zero-order chi connectivity index (χ0) is 20.7. The lowest BCUT2D eigenvalue weighted by atomic mass is 9.96. The molecular formula is C22H26N4O4. The number of carbonyl (C=O) groups is 2. The zero-order valence-electron chi connectivity index (χ0n) is 16.8. The van der Waals surface area contributed by atoms with Crippen LogP contribution in [0.4, 0.5) is 5.69 Å². The van der Waals surface area contributed by atoms with Crippen LogP contribution in [0.3, 0.4) is 0 Å². The Bertz CT molecular complexity index is 942. The molecule has 2 saturated heterocycles. The van der Waals surface area contributed by atoms with Gasteiger partial charge in [0.1, 0.15) is 11.3 Å². The van der Waals surface area contributed by atoms with E-state index in [1.165, 1.54) is 0 Å². The van der Waals surface area contributed by atoms with E-state index in [4.69, 9.17) is 14.9 Å². The number of nitrogens with zero attached hydrogens (tertiary/aromatic N) is 2. The van der Waals surface area contributed by atoms with Gasteiger partial charge in [0, 0.05) is 38.2 Å². The molecule has 8 heteroatoms. The molecule has 30 heavy (non-hydrogen) atoms. The average molecular weight is 410 g/mol. The standard InChI is InChI=1S/C22H26N4O4/c23-22(13-29-14-22)21(28)26-10-8-25(9-11-26)20(27)16-3-1-15(2-4-16)17-5-6-19-18(24-17)7-12-30-19/h1-4,7,12,17,24H,5-6,8-11,13-14,23H2. The van der Waals surface area contributed by atoms with E-state index < -0.39 is 5.54 Å². The first kappa shape index (κ1) is 19.1. The number of hydrogen-bond acceptors (Lipinski definition) is 6. The van der Waals surface area contributed by atoms with Crippen LogP contribution in [0.1, 0.15) is 34.1 Å². The number of aryl methyl sites for hydroxylation is 1. The molecule has 2 aromatic rings. The number of hydrogen-bond donors (Lipinski definition) is 2. The van der Waals surface area contributed by atoms with E-state index in [-0.39, 0.29) is 31.1 Å². The molecule has 5 rings (SSSR count). The SMILES string of the molecule is NC1(C(=O)N2CCN(C(=O)c3ccc(C4CCc5occc5N4)cc3)CC2)COC1. The smallest absolute Gasteiger partial charge is 0.253 e. The summed E-state index contributed by atoms with van der Waals surface area (Å²) in [5, 5.41) is 3.50. The van der Waals surface area contributed by atoms with E-state index in [9.17, 15) is 9.59 Å². The Morgan fingerprint density at radius 1 is 1.03 bits per heavy atom. The molecule has 1 aromatic heterocycles. The highest BCUT2D eigenvalue weighted by molar-refractivity contribution is 5.94. The number of ether oxygens (including phenoxy) is 1. The fourth-order valence-electron chi connectivity index (χ4n) is 4.36. The Morgan fingerprint density at radius 2 is 1.73 bits per heavy atom. The molecule has 0 saturated carbocycles. The van der Waals surface area contributed by atoms with Crippen LogP contribution in [0.15, 0.2) is 41.0 Å². The molecule has 3 aliphatic rings. The van der Waals surface area contributed by atoms with Crippen LogP contribution >= 0.6 is 0 Å². The molecule has 1 unspecified atom stereocenters. The number of benzene rings is 1. The number of rotatable bonds is 3. The highest BCUT2D eigenvalue weighted by atomic mass is 16.5. The number of nitrogens with one attached hydrogen (secondary N) is 1. The molecule has 1 atom stereocenters. The summed E-state index contributed by atoms with van der Waals surface area (Å²) in [4.78, 5) is 29.0. The molecule has 4 heterocycles. The third-order valence-electron chi connectivity index (χ3n) is 6.29. The molecule has 0 radical (unpaired) electrons. The topological polar surface area (TPSA) is 101 Å². The summed E-state index contributed by atoms with van der Waals surface area (Å²) in [7, 11) is 0. The fraction of sp³-hybridized carbons (Fsp3) is 0.455. The number of carbonyl (C=O) groups excluding carboxylic acids is 2. The second-order valence-corrected chi connectivity index (χ2v) is 8.35. The van der Waals surface area contributed by atoms with Crippen molar-refractivity contribution in [2.75, 3.05) is 44.7 Å². The first-order chi connectivity index (χ1) is 14.5. The highest BCUT2D eigenvalue weighted by Gasteiger charge is 2.45. The molecule has 8 nitrogen and oxygen atoms in total. The van der Waals surface area contributed by atoms with Gasteiger partial charge in [-0.15, -0.1) is 0 Å². The normalized spacial score (nSPS) is 22.6. The Labute approximate surface area is 174 Å². The quantitative estimate of drug-likeness (QED) is 0.793. The van der Waals surface area contributed by atoms with Crippen LogP contribution in [-0.2, 0) is 16.0 Å². The van der Waals surface area contributed by atoms with Crippen molar-refractivity contribution >= 4 is 17.5 Å². The Morgan fingerprint density at radius 3 is 2.40 bits per heavy atom. The molecule has 2 amide bonds. The second-order valence-electron chi connectivity index (χ2n) is 8.35. The minimum atomic E-state index is -0.883. The predicted octanol–water partition coefficient (Wildman–Crippen LogP) is 1.39. The van der Waals surface area contributed by atoms with Crippen molar-refractivity contribution in [1.82, 2.24) is 9.80 Å². The lowest BCUT2D eigenvalue weighted by molar-refractivity contribution is -0.155. The van der Waals surface area contributed by atoms with E-state index >= 15 is 0 Å². The summed E-state index contributed by atoms with van der Waals surface area (Å²) in [6, 6.07) is 9.99. The first-order valence-corrected chi connectivity index (χ1v) is 10.4. The van der Waals surface area contributed by atoms with Gasteiger partial charge in [0.05, 0.1) is 31.2 Å². The maximum atomic E-state index is 12.9. The molecule has 0 bridgehead atoms. The monoisotopic (exact) mass is 410 g/mol. The van der Waals surface area contributed by atoms with Crippen molar-refractivity contribution in [2.45, 2.75) is 24.4 Å². The van der Waals surface area contributed by atoms with Crippen LogP contribution < -0.4 is 11.1 Å². The summed E-state index contributed by atoms with van der Waals surface area (Å²) < 4.78 is 10.5. The minimum absolute atomic E-state index is 0.00295. The number of amides is 2. The highest BCUT2D eigenvalue weighted by Crippen LogP contribution is 2.33.